The Morgan fingerprint density at radius 3 is 2.73 bits per heavy atom. The first kappa shape index (κ1) is 6.40. The van der Waals surface area contributed by atoms with Gasteiger partial charge >= 0.3 is 0 Å². The molecule has 5 unspecified atom stereocenters. The Balaban J connectivity index is 1.94. The van der Waals surface area contributed by atoms with Crippen LogP contribution in [0.4, 0.5) is 0 Å². The van der Waals surface area contributed by atoms with Gasteiger partial charge in [-0.1, -0.05) is 0 Å². The van der Waals surface area contributed by atoms with Crippen molar-refractivity contribution in [2.45, 2.75) is 49.8 Å². The third kappa shape index (κ3) is 0.789. The molecule has 3 saturated heterocycles. The van der Waals surface area contributed by atoms with Crippen molar-refractivity contribution in [3.63, 3.8) is 0 Å². The van der Waals surface area contributed by atoms with E-state index in [-0.39, 0.29) is 24.4 Å². The van der Waals surface area contributed by atoms with E-state index in [1.165, 1.54) is 0 Å². The number of aliphatic hydroxyl groups excluding tert-OH is 1. The summed E-state index contributed by atoms with van der Waals surface area (Å²) >= 11 is 0. The van der Waals surface area contributed by atoms with Gasteiger partial charge in [0.1, 0.15) is 6.10 Å². The molecule has 11 heavy (non-hydrogen) atoms. The van der Waals surface area contributed by atoms with Crippen molar-refractivity contribution < 1.29 is 14.6 Å². The highest BCUT2D eigenvalue weighted by Crippen LogP contribution is 2.41. The van der Waals surface area contributed by atoms with Gasteiger partial charge in [0.15, 0.2) is 0 Å². The highest BCUT2D eigenvalue weighted by Gasteiger charge is 2.50. The number of hydrogen-bond donors (Lipinski definition) is 1. The summed E-state index contributed by atoms with van der Waals surface area (Å²) < 4.78 is 11.3. The Hall–Kier alpha value is -0.120. The van der Waals surface area contributed by atoms with E-state index in [0.29, 0.717) is 6.10 Å². The van der Waals surface area contributed by atoms with Crippen LogP contribution in [0.5, 0.6) is 0 Å². The van der Waals surface area contributed by atoms with E-state index in [2.05, 4.69) is 0 Å². The predicted molar refractivity (Wildman–Crippen MR) is 37.2 cm³/mol. The van der Waals surface area contributed by atoms with Crippen molar-refractivity contribution >= 4 is 0 Å². The van der Waals surface area contributed by atoms with E-state index in [0.717, 1.165) is 19.3 Å². The minimum atomic E-state index is -0.272. The fraction of sp³-hybridized carbons (Fsp3) is 1.00. The Morgan fingerprint density at radius 2 is 1.82 bits per heavy atom. The molecular weight excluding hydrogens is 144 g/mol. The average molecular weight is 156 g/mol. The summed E-state index contributed by atoms with van der Waals surface area (Å²) in [5.41, 5.74) is 0. The van der Waals surface area contributed by atoms with Crippen LogP contribution in [0.3, 0.4) is 0 Å². The minimum Gasteiger partial charge on any atom is -0.390 e. The maximum atomic E-state index is 9.57. The van der Waals surface area contributed by atoms with E-state index in [9.17, 15) is 5.11 Å². The topological polar surface area (TPSA) is 38.7 Å². The monoisotopic (exact) mass is 156 g/mol. The highest BCUT2D eigenvalue weighted by atomic mass is 16.6. The maximum absolute atomic E-state index is 9.57. The standard InChI is InChI=1S/C8H12O3/c9-6-2-4-1-5-3-7(10-4)8(6)11-5/h4-9H,1-3H2. The first-order chi connectivity index (χ1) is 5.33. The molecule has 0 aromatic rings. The number of fused-ring (bicyclic) bond motifs is 2. The summed E-state index contributed by atoms with van der Waals surface area (Å²) in [6, 6.07) is 0. The van der Waals surface area contributed by atoms with Crippen LogP contribution in [0, 0.1) is 0 Å². The molecule has 3 heteroatoms. The van der Waals surface area contributed by atoms with Crippen molar-refractivity contribution in [1.29, 1.82) is 0 Å². The van der Waals surface area contributed by atoms with Gasteiger partial charge in [0.2, 0.25) is 0 Å². The van der Waals surface area contributed by atoms with Gasteiger partial charge in [0.25, 0.3) is 0 Å². The Bertz CT molecular complexity index is 177. The van der Waals surface area contributed by atoms with Gasteiger partial charge in [-0.15, -0.1) is 0 Å². The van der Waals surface area contributed by atoms with E-state index >= 15 is 0 Å². The zero-order valence-corrected chi connectivity index (χ0v) is 6.27. The summed E-state index contributed by atoms with van der Waals surface area (Å²) in [5.74, 6) is 0. The molecule has 3 aliphatic heterocycles. The van der Waals surface area contributed by atoms with Gasteiger partial charge in [0.05, 0.1) is 24.4 Å². The summed E-state index contributed by atoms with van der Waals surface area (Å²) in [6.45, 7) is 0. The molecule has 0 aromatic heterocycles. The van der Waals surface area contributed by atoms with E-state index < -0.39 is 0 Å². The first-order valence-electron chi connectivity index (χ1n) is 4.32. The molecule has 1 N–H and O–H groups in total. The molecule has 3 rings (SSSR count). The van der Waals surface area contributed by atoms with Gasteiger partial charge in [-0.25, -0.2) is 0 Å². The summed E-state index contributed by atoms with van der Waals surface area (Å²) in [7, 11) is 0. The molecular formula is C8H12O3. The van der Waals surface area contributed by atoms with Crippen molar-refractivity contribution in [1.82, 2.24) is 0 Å². The Morgan fingerprint density at radius 1 is 1.00 bits per heavy atom. The molecule has 0 aliphatic carbocycles. The van der Waals surface area contributed by atoms with Crippen molar-refractivity contribution in [2.24, 2.45) is 0 Å². The predicted octanol–water partition coefficient (Wildman–Crippen LogP) is 0.0660. The molecule has 0 aromatic carbocycles. The largest absolute Gasteiger partial charge is 0.390 e. The third-order valence-corrected chi connectivity index (χ3v) is 2.99. The number of rotatable bonds is 0. The summed E-state index contributed by atoms with van der Waals surface area (Å²) in [5, 5.41) is 9.57. The van der Waals surface area contributed by atoms with E-state index in [4.69, 9.17) is 9.47 Å². The lowest BCUT2D eigenvalue weighted by Crippen LogP contribution is -2.45. The van der Waals surface area contributed by atoms with E-state index in [1.807, 2.05) is 0 Å². The van der Waals surface area contributed by atoms with Crippen LogP contribution in [0.25, 0.3) is 0 Å². The minimum absolute atomic E-state index is 0.0150. The third-order valence-electron chi connectivity index (χ3n) is 2.99. The second kappa shape index (κ2) is 1.97. The molecule has 3 fully saturated rings. The van der Waals surface area contributed by atoms with Crippen molar-refractivity contribution in [2.75, 3.05) is 0 Å². The lowest BCUT2D eigenvalue weighted by molar-refractivity contribution is -0.131. The van der Waals surface area contributed by atoms with Crippen molar-refractivity contribution in [3.8, 4) is 0 Å². The second-order valence-electron chi connectivity index (χ2n) is 3.79. The Kier molecular flexibility index (Phi) is 1.15. The molecule has 5 atom stereocenters. The van der Waals surface area contributed by atoms with Crippen LogP contribution >= 0.6 is 0 Å². The van der Waals surface area contributed by atoms with Gasteiger partial charge in [-0.05, 0) is 6.42 Å². The number of aliphatic hydroxyl groups is 1. The molecule has 3 aliphatic rings. The van der Waals surface area contributed by atoms with Crippen LogP contribution in [0.15, 0.2) is 0 Å². The zero-order chi connectivity index (χ0) is 7.42. The van der Waals surface area contributed by atoms with Gasteiger partial charge in [-0.2, -0.15) is 0 Å². The zero-order valence-electron chi connectivity index (χ0n) is 6.27. The lowest BCUT2D eigenvalue weighted by atomic mass is 9.90. The maximum Gasteiger partial charge on any atom is 0.110 e. The first-order valence-corrected chi connectivity index (χ1v) is 4.32. The highest BCUT2D eigenvalue weighted by molar-refractivity contribution is 4.98. The van der Waals surface area contributed by atoms with Crippen molar-refractivity contribution in [3.05, 3.63) is 0 Å². The quantitative estimate of drug-likeness (QED) is 0.539. The normalized spacial score (nSPS) is 60.3. The molecule has 3 heterocycles. The van der Waals surface area contributed by atoms with Gasteiger partial charge in [-0.3, -0.25) is 0 Å². The SMILES string of the molecule is OC1CC2CC3CC(O2)C1O3. The summed E-state index contributed by atoms with van der Waals surface area (Å²) in [6.07, 6.45) is 3.32. The summed E-state index contributed by atoms with van der Waals surface area (Å²) in [4.78, 5) is 0. The molecule has 3 nitrogen and oxygen atoms in total. The number of hydrogen-bond acceptors (Lipinski definition) is 3. The number of ether oxygens (including phenoxy) is 2. The molecule has 0 saturated carbocycles. The molecule has 0 amide bonds. The molecule has 0 radical (unpaired) electrons. The van der Waals surface area contributed by atoms with Crippen LogP contribution in [0.2, 0.25) is 0 Å². The molecule has 0 spiro atoms. The average Bonchev–Trinajstić information content (AvgIpc) is 2.19. The van der Waals surface area contributed by atoms with Gasteiger partial charge < -0.3 is 14.6 Å². The lowest BCUT2D eigenvalue weighted by Gasteiger charge is -2.35. The molecule has 62 valence electrons. The van der Waals surface area contributed by atoms with E-state index in [1.54, 1.807) is 0 Å². The fourth-order valence-electron chi connectivity index (χ4n) is 2.53. The Labute approximate surface area is 65.3 Å². The fourth-order valence-corrected chi connectivity index (χ4v) is 2.53. The second-order valence-corrected chi connectivity index (χ2v) is 3.79. The van der Waals surface area contributed by atoms with Crippen LogP contribution in [0.1, 0.15) is 19.3 Å². The smallest absolute Gasteiger partial charge is 0.110 e. The van der Waals surface area contributed by atoms with Crippen LogP contribution in [-0.4, -0.2) is 35.6 Å². The van der Waals surface area contributed by atoms with Crippen LogP contribution < -0.4 is 0 Å². The van der Waals surface area contributed by atoms with Gasteiger partial charge in [0, 0.05) is 12.8 Å². The molecule has 3 bridgehead atoms. The van der Waals surface area contributed by atoms with Crippen LogP contribution in [-0.2, 0) is 9.47 Å².